The number of halogens is 2. The zero-order valence-electron chi connectivity index (χ0n) is 10.4. The third kappa shape index (κ3) is 2.55. The summed E-state index contributed by atoms with van der Waals surface area (Å²) < 4.78 is 0. The van der Waals surface area contributed by atoms with Crippen LogP contribution in [0.5, 0.6) is 0 Å². The molecule has 0 aromatic heterocycles. The van der Waals surface area contributed by atoms with Crippen LogP contribution in [0.15, 0.2) is 18.2 Å². The van der Waals surface area contributed by atoms with E-state index in [1.807, 2.05) is 0 Å². The van der Waals surface area contributed by atoms with Crippen molar-refractivity contribution in [2.75, 3.05) is 5.32 Å². The van der Waals surface area contributed by atoms with Gasteiger partial charge in [0.2, 0.25) is 5.91 Å². The first-order chi connectivity index (χ1) is 8.75. The number of carboxylic acids is 1. The van der Waals surface area contributed by atoms with Gasteiger partial charge in [0.1, 0.15) is 0 Å². The highest BCUT2D eigenvalue weighted by molar-refractivity contribution is 6.42. The molecule has 4 nitrogen and oxygen atoms in total. The van der Waals surface area contributed by atoms with Crippen molar-refractivity contribution in [3.05, 3.63) is 28.2 Å². The minimum absolute atomic E-state index is 0.309. The lowest BCUT2D eigenvalue weighted by molar-refractivity contribution is -0.140. The largest absolute Gasteiger partial charge is 0.481 e. The average molecular weight is 302 g/mol. The summed E-state index contributed by atoms with van der Waals surface area (Å²) in [6, 6.07) is 4.73. The van der Waals surface area contributed by atoms with Crippen LogP contribution in [-0.2, 0) is 9.59 Å². The molecule has 0 radical (unpaired) electrons. The molecule has 1 aromatic carbocycles. The molecule has 1 fully saturated rings. The molecule has 0 spiro atoms. The number of carbonyl (C=O) groups is 2. The average Bonchev–Trinajstić information content (AvgIpc) is 2.87. The number of rotatable bonds is 3. The lowest BCUT2D eigenvalue weighted by atomic mass is 10.1. The van der Waals surface area contributed by atoms with E-state index < -0.39 is 23.2 Å². The van der Waals surface area contributed by atoms with Crippen molar-refractivity contribution in [2.24, 2.45) is 17.3 Å². The third-order valence-electron chi connectivity index (χ3n) is 3.56. The standard InChI is InChI=1S/C13H13Cl2NO3/c1-13(2)9(10(13)12(18)19)11(17)16-6-3-4-7(14)8(15)5-6/h3-5,9-10H,1-2H3,(H,16,17)(H,18,19)/t9-,10+/m1/s1. The van der Waals surface area contributed by atoms with Crippen LogP contribution in [0.25, 0.3) is 0 Å². The summed E-state index contributed by atoms with van der Waals surface area (Å²) in [5.74, 6) is -2.43. The summed E-state index contributed by atoms with van der Waals surface area (Å²) in [5.41, 5.74) is -0.0159. The van der Waals surface area contributed by atoms with Crippen LogP contribution in [0.2, 0.25) is 10.0 Å². The first-order valence-electron chi connectivity index (χ1n) is 5.74. The fourth-order valence-electron chi connectivity index (χ4n) is 2.38. The normalized spacial score (nSPS) is 23.8. The van der Waals surface area contributed by atoms with Gasteiger partial charge >= 0.3 is 5.97 Å². The monoisotopic (exact) mass is 301 g/mol. The Bertz CT molecular complexity index is 557. The van der Waals surface area contributed by atoms with Gasteiger partial charge in [0.15, 0.2) is 0 Å². The molecule has 1 aromatic rings. The highest BCUT2D eigenvalue weighted by atomic mass is 35.5. The Morgan fingerprint density at radius 2 is 1.84 bits per heavy atom. The van der Waals surface area contributed by atoms with Crippen molar-refractivity contribution in [1.29, 1.82) is 0 Å². The maximum Gasteiger partial charge on any atom is 0.307 e. The number of benzene rings is 1. The Labute approximate surface area is 120 Å². The number of carbonyl (C=O) groups excluding carboxylic acids is 1. The highest BCUT2D eigenvalue weighted by Crippen LogP contribution is 2.58. The lowest BCUT2D eigenvalue weighted by Gasteiger charge is -2.07. The number of amides is 1. The van der Waals surface area contributed by atoms with E-state index in [4.69, 9.17) is 28.3 Å². The maximum atomic E-state index is 12.1. The second-order valence-electron chi connectivity index (χ2n) is 5.23. The van der Waals surface area contributed by atoms with Crippen molar-refractivity contribution >= 4 is 40.8 Å². The molecule has 1 amide bonds. The van der Waals surface area contributed by atoms with Crippen molar-refractivity contribution in [3.8, 4) is 0 Å². The molecular weight excluding hydrogens is 289 g/mol. The number of hydrogen-bond acceptors (Lipinski definition) is 2. The molecule has 2 atom stereocenters. The SMILES string of the molecule is CC1(C)[C@H](C(=O)O)[C@@H]1C(=O)Nc1ccc(Cl)c(Cl)c1. The third-order valence-corrected chi connectivity index (χ3v) is 4.30. The fraction of sp³-hybridized carbons (Fsp3) is 0.385. The number of carboxylic acid groups (broad SMARTS) is 1. The van der Waals surface area contributed by atoms with Gasteiger partial charge < -0.3 is 10.4 Å². The summed E-state index contributed by atoms with van der Waals surface area (Å²) in [6.45, 7) is 3.54. The Balaban J connectivity index is 2.10. The van der Waals surface area contributed by atoms with Crippen molar-refractivity contribution in [2.45, 2.75) is 13.8 Å². The van der Waals surface area contributed by atoms with E-state index in [0.717, 1.165) is 0 Å². The number of nitrogens with one attached hydrogen (secondary N) is 1. The van der Waals surface area contributed by atoms with Crippen molar-refractivity contribution in [3.63, 3.8) is 0 Å². The summed E-state index contributed by atoms with van der Waals surface area (Å²) in [5, 5.41) is 12.4. The molecule has 19 heavy (non-hydrogen) atoms. The van der Waals surface area contributed by atoms with E-state index in [9.17, 15) is 9.59 Å². The van der Waals surface area contributed by atoms with Crippen LogP contribution >= 0.6 is 23.2 Å². The van der Waals surface area contributed by atoms with Gasteiger partial charge in [-0.3, -0.25) is 9.59 Å². The molecule has 0 unspecified atom stereocenters. The smallest absolute Gasteiger partial charge is 0.307 e. The van der Waals surface area contributed by atoms with Crippen LogP contribution in [-0.4, -0.2) is 17.0 Å². The molecule has 0 heterocycles. The van der Waals surface area contributed by atoms with Gasteiger partial charge in [0.25, 0.3) is 0 Å². The van der Waals surface area contributed by atoms with Crippen LogP contribution in [0.3, 0.4) is 0 Å². The lowest BCUT2D eigenvalue weighted by Crippen LogP contribution is -2.17. The van der Waals surface area contributed by atoms with Gasteiger partial charge in [-0.2, -0.15) is 0 Å². The van der Waals surface area contributed by atoms with Crippen molar-refractivity contribution in [1.82, 2.24) is 0 Å². The van der Waals surface area contributed by atoms with E-state index in [1.165, 1.54) is 6.07 Å². The highest BCUT2D eigenvalue weighted by Gasteiger charge is 2.65. The van der Waals surface area contributed by atoms with Gasteiger partial charge in [-0.1, -0.05) is 37.0 Å². The molecule has 1 aliphatic carbocycles. The van der Waals surface area contributed by atoms with Gasteiger partial charge in [0, 0.05) is 5.69 Å². The van der Waals surface area contributed by atoms with E-state index >= 15 is 0 Å². The Morgan fingerprint density at radius 1 is 1.21 bits per heavy atom. The number of anilines is 1. The second kappa shape index (κ2) is 4.69. The summed E-state index contributed by atoms with van der Waals surface area (Å²) in [7, 11) is 0. The van der Waals surface area contributed by atoms with Gasteiger partial charge in [-0.25, -0.2) is 0 Å². The van der Waals surface area contributed by atoms with E-state index in [2.05, 4.69) is 5.32 Å². The first-order valence-corrected chi connectivity index (χ1v) is 6.49. The topological polar surface area (TPSA) is 66.4 Å². The predicted molar refractivity (Wildman–Crippen MR) is 73.5 cm³/mol. The van der Waals surface area contributed by atoms with Gasteiger partial charge in [0.05, 0.1) is 21.9 Å². The molecule has 102 valence electrons. The van der Waals surface area contributed by atoms with E-state index in [0.29, 0.717) is 15.7 Å². The predicted octanol–water partition coefficient (Wildman–Crippen LogP) is 3.29. The van der Waals surface area contributed by atoms with Crippen LogP contribution in [0.1, 0.15) is 13.8 Å². The molecule has 2 rings (SSSR count). The fourth-order valence-corrected chi connectivity index (χ4v) is 2.68. The van der Waals surface area contributed by atoms with Gasteiger partial charge in [-0.05, 0) is 23.6 Å². The first kappa shape index (κ1) is 14.2. The van der Waals surface area contributed by atoms with Crippen LogP contribution in [0, 0.1) is 17.3 Å². The minimum Gasteiger partial charge on any atom is -0.481 e. The molecule has 1 aliphatic rings. The number of aliphatic carboxylic acids is 1. The van der Waals surface area contributed by atoms with Crippen molar-refractivity contribution < 1.29 is 14.7 Å². The zero-order valence-corrected chi connectivity index (χ0v) is 11.9. The van der Waals surface area contributed by atoms with Crippen LogP contribution < -0.4 is 5.32 Å². The summed E-state index contributed by atoms with van der Waals surface area (Å²) in [4.78, 5) is 23.1. The molecule has 0 aliphatic heterocycles. The second-order valence-corrected chi connectivity index (χ2v) is 6.05. The van der Waals surface area contributed by atoms with E-state index in [1.54, 1.807) is 26.0 Å². The summed E-state index contributed by atoms with van der Waals surface area (Å²) >= 11 is 11.6. The minimum atomic E-state index is -0.945. The Kier molecular flexibility index (Phi) is 3.49. The summed E-state index contributed by atoms with van der Waals surface area (Å²) in [6.07, 6.45) is 0. The molecule has 2 N–H and O–H groups in total. The maximum absolute atomic E-state index is 12.1. The molecule has 1 saturated carbocycles. The van der Waals surface area contributed by atoms with Gasteiger partial charge in [-0.15, -0.1) is 0 Å². The Hall–Kier alpha value is -1.26. The van der Waals surface area contributed by atoms with Crippen LogP contribution in [0.4, 0.5) is 5.69 Å². The molecule has 0 bridgehead atoms. The molecule has 0 saturated heterocycles. The molecular formula is C13H13Cl2NO3. The molecule has 6 heteroatoms. The van der Waals surface area contributed by atoms with E-state index in [-0.39, 0.29) is 5.91 Å². The quantitative estimate of drug-likeness (QED) is 0.900. The number of hydrogen-bond donors (Lipinski definition) is 2. The Morgan fingerprint density at radius 3 is 2.32 bits per heavy atom. The zero-order chi connectivity index (χ0) is 14.4.